The Balaban J connectivity index is 2.50. The summed E-state index contributed by atoms with van der Waals surface area (Å²) in [6, 6.07) is 13.9. The summed E-state index contributed by atoms with van der Waals surface area (Å²) in [6.45, 7) is 12.2. The van der Waals surface area contributed by atoms with Crippen LogP contribution in [0.1, 0.15) is 59.1 Å². The van der Waals surface area contributed by atoms with Gasteiger partial charge in [0.05, 0.1) is 19.8 Å². The maximum Gasteiger partial charge on any atom is 0.251 e. The zero-order valence-electron chi connectivity index (χ0n) is 25.0. The number of hydrogen-bond acceptors (Lipinski definition) is 6. The molecular weight excluding hydrogens is 508 g/mol. The van der Waals surface area contributed by atoms with Crippen LogP contribution in [-0.2, 0) is 22.6 Å². The molecular formula is C30H44N6O4. The summed E-state index contributed by atoms with van der Waals surface area (Å²) in [5.41, 5.74) is 1.17. The molecule has 0 aromatic heterocycles. The Bertz CT molecular complexity index is 1190. The van der Waals surface area contributed by atoms with E-state index in [9.17, 15) is 9.59 Å². The highest BCUT2D eigenvalue weighted by molar-refractivity contribution is 6.09. The van der Waals surface area contributed by atoms with Crippen LogP contribution in [0.4, 0.5) is 0 Å². The first-order chi connectivity index (χ1) is 18.8. The van der Waals surface area contributed by atoms with E-state index in [-0.39, 0.29) is 30.2 Å². The minimum Gasteiger partial charge on any atom is -0.493 e. The third kappa shape index (κ3) is 9.98. The Kier molecular flexibility index (Phi) is 11.6. The van der Waals surface area contributed by atoms with Gasteiger partial charge in [-0.2, -0.15) is 0 Å². The second kappa shape index (κ2) is 14.4. The second-order valence-electron chi connectivity index (χ2n) is 11.5. The highest BCUT2D eigenvalue weighted by Gasteiger charge is 2.36. The first-order valence-corrected chi connectivity index (χ1v) is 13.3. The molecule has 0 fully saturated rings. The molecule has 10 heteroatoms. The van der Waals surface area contributed by atoms with Gasteiger partial charge in [-0.25, -0.2) is 0 Å². The van der Waals surface area contributed by atoms with Crippen LogP contribution in [0.5, 0.6) is 11.5 Å². The fourth-order valence-corrected chi connectivity index (χ4v) is 4.88. The predicted octanol–water partition coefficient (Wildman–Crippen LogP) is 4.72. The average Bonchev–Trinajstić information content (AvgIpc) is 2.88. The van der Waals surface area contributed by atoms with Crippen LogP contribution in [0.25, 0.3) is 0 Å². The molecule has 3 N–H and O–H groups in total. The van der Waals surface area contributed by atoms with Crippen LogP contribution < -0.4 is 20.6 Å². The lowest BCUT2D eigenvalue weighted by atomic mass is 9.82. The van der Waals surface area contributed by atoms with Crippen molar-refractivity contribution in [2.24, 2.45) is 26.6 Å². The number of benzene rings is 2. The van der Waals surface area contributed by atoms with Crippen molar-refractivity contribution < 1.29 is 19.1 Å². The van der Waals surface area contributed by atoms with Gasteiger partial charge in [-0.15, -0.1) is 5.11 Å². The molecule has 2 aromatic rings. The lowest BCUT2D eigenvalue weighted by molar-refractivity contribution is -0.136. The molecule has 10 nitrogen and oxygen atoms in total. The van der Waals surface area contributed by atoms with Crippen molar-refractivity contribution in [2.75, 3.05) is 20.8 Å². The first kappa shape index (κ1) is 32.3. The zero-order valence-corrected chi connectivity index (χ0v) is 25.0. The molecule has 2 amide bonds. The van der Waals surface area contributed by atoms with Gasteiger partial charge in [-0.3, -0.25) is 14.6 Å². The van der Waals surface area contributed by atoms with Gasteiger partial charge in [0.15, 0.2) is 23.4 Å². The summed E-state index contributed by atoms with van der Waals surface area (Å²) in [4.78, 5) is 33.1. The Morgan fingerprint density at radius 1 is 0.975 bits per heavy atom. The van der Waals surface area contributed by atoms with E-state index < -0.39 is 17.5 Å². The molecule has 0 radical (unpaired) electrons. The maximum absolute atomic E-state index is 13.8. The smallest absolute Gasteiger partial charge is 0.251 e. The van der Waals surface area contributed by atoms with Crippen LogP contribution in [0.3, 0.4) is 0 Å². The third-order valence-electron chi connectivity index (χ3n) is 6.15. The van der Waals surface area contributed by atoms with Gasteiger partial charge in [-0.05, 0) is 55.4 Å². The number of nitrogens with zero attached hydrogens (tertiary/aromatic N) is 4. The van der Waals surface area contributed by atoms with Crippen molar-refractivity contribution in [1.29, 1.82) is 0 Å². The van der Waals surface area contributed by atoms with E-state index in [0.29, 0.717) is 24.3 Å². The average molecular weight is 553 g/mol. The van der Waals surface area contributed by atoms with E-state index in [4.69, 9.17) is 20.3 Å². The van der Waals surface area contributed by atoms with Gasteiger partial charge in [0.25, 0.3) is 5.91 Å². The monoisotopic (exact) mass is 552 g/mol. The van der Waals surface area contributed by atoms with Gasteiger partial charge in [0, 0.05) is 20.0 Å². The number of ether oxygens (including phenoxy) is 2. The lowest BCUT2D eigenvalue weighted by Crippen LogP contribution is -2.54. The van der Waals surface area contributed by atoms with E-state index in [2.05, 4.69) is 36.4 Å². The molecule has 0 aliphatic heterocycles. The van der Waals surface area contributed by atoms with Gasteiger partial charge in [0.1, 0.15) is 0 Å². The molecule has 0 saturated carbocycles. The fraction of sp³-hybridized carbons (Fsp3) is 0.500. The van der Waals surface area contributed by atoms with E-state index >= 15 is 0 Å². The maximum atomic E-state index is 13.8. The van der Waals surface area contributed by atoms with Crippen molar-refractivity contribution in [2.45, 2.75) is 72.5 Å². The third-order valence-corrected chi connectivity index (χ3v) is 6.15. The Morgan fingerprint density at radius 3 is 2.17 bits per heavy atom. The number of methoxy groups -OCH3 is 2. The number of hydrogen-bond donors (Lipinski definition) is 2. The SMILES string of the molecule is COc1ccc(CCN(C(C)=O)C(C(=O)NCc2ccccc2)C(N=NN)=NC(C)(C)CC(C)(C)C)cc1OC. The number of rotatable bonds is 12. The molecule has 0 aliphatic carbocycles. The quantitative estimate of drug-likeness (QED) is 0.129. The van der Waals surface area contributed by atoms with Crippen molar-refractivity contribution in [3.63, 3.8) is 0 Å². The van der Waals surface area contributed by atoms with E-state index in [0.717, 1.165) is 11.1 Å². The number of amides is 2. The van der Waals surface area contributed by atoms with Crippen molar-refractivity contribution >= 4 is 17.6 Å². The molecule has 2 rings (SSSR count). The van der Waals surface area contributed by atoms with Crippen LogP contribution in [0.2, 0.25) is 0 Å². The number of carbonyl (C=O) groups excluding carboxylic acids is 2. The minimum atomic E-state index is -1.15. The highest BCUT2D eigenvalue weighted by atomic mass is 16.5. The molecule has 1 unspecified atom stereocenters. The highest BCUT2D eigenvalue weighted by Crippen LogP contribution is 2.31. The molecule has 2 aromatic carbocycles. The minimum absolute atomic E-state index is 0.0449. The number of amidine groups is 1. The van der Waals surface area contributed by atoms with Gasteiger partial charge in [-0.1, -0.05) is 62.4 Å². The number of carbonyl (C=O) groups is 2. The molecule has 0 aliphatic rings. The zero-order chi connectivity index (χ0) is 29.9. The standard InChI is InChI=1S/C30H44N6O4/c1-21(37)36(17-16-22-14-15-24(39-7)25(18-22)40-8)26(28(38)32-19-23-12-10-9-11-13-23)27(34-35-31)33-30(5,6)20-29(2,3)4/h9-15,18,26H,16-17,19-20H2,1-8H3,(H,32,38)(H2,31,33,34). The van der Waals surface area contributed by atoms with Crippen LogP contribution in [0, 0.1) is 5.41 Å². The summed E-state index contributed by atoms with van der Waals surface area (Å²) in [6.07, 6.45) is 1.15. The number of nitrogens with one attached hydrogen (secondary N) is 1. The van der Waals surface area contributed by atoms with Crippen LogP contribution >= 0.6 is 0 Å². The lowest BCUT2D eigenvalue weighted by Gasteiger charge is -2.33. The Morgan fingerprint density at radius 2 is 1.62 bits per heavy atom. The summed E-state index contributed by atoms with van der Waals surface area (Å²) < 4.78 is 10.8. The van der Waals surface area contributed by atoms with Crippen molar-refractivity contribution in [1.82, 2.24) is 10.2 Å². The molecule has 1 atom stereocenters. The van der Waals surface area contributed by atoms with Gasteiger partial charge >= 0.3 is 0 Å². The molecule has 218 valence electrons. The second-order valence-corrected chi connectivity index (χ2v) is 11.5. The summed E-state index contributed by atoms with van der Waals surface area (Å²) in [7, 11) is 3.14. The van der Waals surface area contributed by atoms with E-state index in [1.807, 2.05) is 56.3 Å². The van der Waals surface area contributed by atoms with Crippen LogP contribution in [-0.4, -0.2) is 54.9 Å². The van der Waals surface area contributed by atoms with E-state index in [1.165, 1.54) is 11.8 Å². The Hall–Kier alpha value is -3.95. The Labute approximate surface area is 238 Å². The van der Waals surface area contributed by atoms with E-state index in [1.54, 1.807) is 20.3 Å². The van der Waals surface area contributed by atoms with Crippen molar-refractivity contribution in [3.8, 4) is 11.5 Å². The number of aliphatic imine (C=N–C) groups is 1. The molecule has 0 saturated heterocycles. The van der Waals surface area contributed by atoms with Gasteiger partial charge < -0.3 is 25.5 Å². The first-order valence-electron chi connectivity index (χ1n) is 13.3. The summed E-state index contributed by atoms with van der Waals surface area (Å²) in [5, 5.41) is 10.5. The van der Waals surface area contributed by atoms with Gasteiger partial charge in [0.2, 0.25) is 5.91 Å². The molecule has 40 heavy (non-hydrogen) atoms. The molecule has 0 spiro atoms. The summed E-state index contributed by atoms with van der Waals surface area (Å²) >= 11 is 0. The largest absolute Gasteiger partial charge is 0.493 e. The summed E-state index contributed by atoms with van der Waals surface area (Å²) in [5.74, 6) is 6.01. The molecule has 0 bridgehead atoms. The molecule has 0 heterocycles. The normalized spacial score (nSPS) is 13.2. The predicted molar refractivity (Wildman–Crippen MR) is 157 cm³/mol. The topological polar surface area (TPSA) is 131 Å². The fourth-order valence-electron chi connectivity index (χ4n) is 4.88. The van der Waals surface area contributed by atoms with Crippen molar-refractivity contribution in [3.05, 3.63) is 59.7 Å². The number of nitrogens with two attached hydrogens (primary N) is 1. The van der Waals surface area contributed by atoms with Crippen LogP contribution in [0.15, 0.2) is 63.9 Å².